The van der Waals surface area contributed by atoms with Gasteiger partial charge in [0.25, 0.3) is 0 Å². The maximum atomic E-state index is 13.4. The molecule has 3 aliphatic rings. The van der Waals surface area contributed by atoms with E-state index in [0.29, 0.717) is 47.5 Å². The van der Waals surface area contributed by atoms with Gasteiger partial charge in [0.1, 0.15) is 24.0 Å². The number of ether oxygens (including phenoxy) is 4. The summed E-state index contributed by atoms with van der Waals surface area (Å²) in [5.41, 5.74) is 5.21. The lowest BCUT2D eigenvalue weighted by Crippen LogP contribution is -2.33. The van der Waals surface area contributed by atoms with Crippen molar-refractivity contribution >= 4 is 23.5 Å². The Morgan fingerprint density at radius 3 is 2.81 bits per heavy atom. The number of aryl methyl sites for hydroxylation is 2. The molecule has 0 bridgehead atoms. The maximum Gasteiger partial charge on any atom is 0.232 e. The van der Waals surface area contributed by atoms with Crippen molar-refractivity contribution in [3.63, 3.8) is 0 Å². The van der Waals surface area contributed by atoms with Gasteiger partial charge in [0.2, 0.25) is 5.78 Å². The van der Waals surface area contributed by atoms with Crippen LogP contribution in [0.15, 0.2) is 54.3 Å². The topological polar surface area (TPSA) is 57.2 Å². The van der Waals surface area contributed by atoms with Gasteiger partial charge >= 0.3 is 0 Å². The van der Waals surface area contributed by atoms with Crippen LogP contribution in [0.25, 0.3) is 6.08 Å². The number of halogens is 1. The molecule has 0 fully saturated rings. The minimum atomic E-state index is -0.146. The molecule has 7 heteroatoms. The van der Waals surface area contributed by atoms with Crippen LogP contribution in [0, 0.1) is 6.92 Å². The van der Waals surface area contributed by atoms with E-state index in [1.54, 1.807) is 12.1 Å². The molecule has 0 aliphatic carbocycles. The molecule has 0 atom stereocenters. The number of hydrogen-bond donors (Lipinski definition) is 0. The molecule has 0 saturated carbocycles. The van der Waals surface area contributed by atoms with Gasteiger partial charge in [-0.25, -0.2) is 0 Å². The molecule has 0 N–H and O–H groups in total. The molecule has 0 aromatic heterocycles. The summed E-state index contributed by atoms with van der Waals surface area (Å²) < 4.78 is 23.4. The van der Waals surface area contributed by atoms with Crippen molar-refractivity contribution < 1.29 is 23.7 Å². The lowest BCUT2D eigenvalue weighted by molar-refractivity contribution is -0.0165. The van der Waals surface area contributed by atoms with Crippen molar-refractivity contribution in [1.29, 1.82) is 0 Å². The summed E-state index contributed by atoms with van der Waals surface area (Å²) in [6, 6.07) is 16.0. The number of allylic oxidation sites excluding steroid dienone is 1. The van der Waals surface area contributed by atoms with Gasteiger partial charge in [0.15, 0.2) is 12.6 Å². The second-order valence-electron chi connectivity index (χ2n) is 9.32. The maximum absolute atomic E-state index is 13.4. The van der Waals surface area contributed by atoms with Crippen LogP contribution in [0.5, 0.6) is 17.2 Å². The number of nitrogens with zero attached hydrogens (tertiary/aromatic N) is 1. The van der Waals surface area contributed by atoms with Crippen LogP contribution in [-0.4, -0.2) is 30.8 Å². The van der Waals surface area contributed by atoms with Crippen LogP contribution in [-0.2, 0) is 24.3 Å². The summed E-state index contributed by atoms with van der Waals surface area (Å²) in [7, 11) is 0. The van der Waals surface area contributed by atoms with Crippen LogP contribution in [0.4, 0.5) is 0 Å². The van der Waals surface area contributed by atoms with Crippen LogP contribution >= 0.6 is 11.6 Å². The second kappa shape index (κ2) is 9.62. The van der Waals surface area contributed by atoms with Crippen LogP contribution in [0.2, 0.25) is 5.02 Å². The second-order valence-corrected chi connectivity index (χ2v) is 9.76. The lowest BCUT2D eigenvalue weighted by atomic mass is 9.98. The number of ketones is 1. The summed E-state index contributed by atoms with van der Waals surface area (Å²) in [4.78, 5) is 15.7. The highest BCUT2D eigenvalue weighted by Gasteiger charge is 2.35. The minimum absolute atomic E-state index is 0.146. The van der Waals surface area contributed by atoms with Crippen LogP contribution in [0.3, 0.4) is 0 Å². The standard InChI is InChI=1S/C29H26ClNO5/c1-18-10-24-23(14-31(16-34-24)9-5-8-19-6-3-2-4-7-19)29-26(18)27(32)25(36-29)13-20-11-22(30)12-21-15-33-17-35-28(20)21/h2-4,6-7,10-13H,5,8-9,14-17H2,1H3/b25-13-. The number of carbonyl (C=O) groups excluding carboxylic acids is 1. The summed E-state index contributed by atoms with van der Waals surface area (Å²) in [5, 5.41) is 0.547. The monoisotopic (exact) mass is 503 g/mol. The van der Waals surface area contributed by atoms with Gasteiger partial charge in [-0.3, -0.25) is 9.69 Å². The van der Waals surface area contributed by atoms with Crippen molar-refractivity contribution in [2.24, 2.45) is 0 Å². The minimum Gasteiger partial charge on any atom is -0.478 e. The van der Waals surface area contributed by atoms with Crippen molar-refractivity contribution in [3.05, 3.63) is 92.7 Å². The molecule has 0 saturated heterocycles. The van der Waals surface area contributed by atoms with Crippen molar-refractivity contribution in [2.75, 3.05) is 20.1 Å². The fourth-order valence-electron chi connectivity index (χ4n) is 5.03. The molecule has 0 spiro atoms. The van der Waals surface area contributed by atoms with Crippen LogP contribution in [0.1, 0.15) is 44.6 Å². The molecule has 6 rings (SSSR count). The molecule has 0 amide bonds. The highest BCUT2D eigenvalue weighted by atomic mass is 35.5. The Morgan fingerprint density at radius 2 is 1.94 bits per heavy atom. The normalized spacial score (nSPS) is 17.6. The summed E-state index contributed by atoms with van der Waals surface area (Å²) in [5.74, 6) is 2.14. The number of carbonyl (C=O) groups is 1. The fraction of sp³-hybridized carbons (Fsp3) is 0.276. The first-order valence-electron chi connectivity index (χ1n) is 12.1. The number of rotatable bonds is 5. The van der Waals surface area contributed by atoms with E-state index >= 15 is 0 Å². The third-order valence-corrected chi connectivity index (χ3v) is 6.98. The molecule has 184 valence electrons. The first kappa shape index (κ1) is 23.1. The van der Waals surface area contributed by atoms with E-state index in [0.717, 1.165) is 41.8 Å². The van der Waals surface area contributed by atoms with E-state index in [1.165, 1.54) is 5.56 Å². The SMILES string of the molecule is Cc1cc2c(c3c1C(=O)/C(=C/c1cc(Cl)cc4c1OCOC4)O3)CN(CCCc1ccccc1)CO2. The summed E-state index contributed by atoms with van der Waals surface area (Å²) >= 11 is 6.32. The third-order valence-electron chi connectivity index (χ3n) is 6.76. The number of hydrogen-bond acceptors (Lipinski definition) is 6. The molecule has 36 heavy (non-hydrogen) atoms. The third kappa shape index (κ3) is 4.37. The predicted molar refractivity (Wildman–Crippen MR) is 137 cm³/mol. The van der Waals surface area contributed by atoms with Gasteiger partial charge in [-0.05, 0) is 55.2 Å². The van der Waals surface area contributed by atoms with E-state index < -0.39 is 0 Å². The van der Waals surface area contributed by atoms with Gasteiger partial charge < -0.3 is 18.9 Å². The first-order chi connectivity index (χ1) is 17.6. The lowest BCUT2D eigenvalue weighted by Gasteiger charge is -2.30. The molecule has 0 unspecified atom stereocenters. The summed E-state index contributed by atoms with van der Waals surface area (Å²) in [6.45, 7) is 4.56. The fourth-order valence-corrected chi connectivity index (χ4v) is 5.28. The van der Waals surface area contributed by atoms with Crippen molar-refractivity contribution in [2.45, 2.75) is 32.9 Å². The number of fused-ring (bicyclic) bond motifs is 4. The Kier molecular flexibility index (Phi) is 6.17. The Bertz CT molecular complexity index is 1370. The zero-order valence-electron chi connectivity index (χ0n) is 20.0. The summed E-state index contributed by atoms with van der Waals surface area (Å²) in [6.07, 6.45) is 3.74. The van der Waals surface area contributed by atoms with E-state index in [2.05, 4.69) is 29.2 Å². The Hall–Kier alpha value is -3.32. The molecular formula is C29H26ClNO5. The van der Waals surface area contributed by atoms with E-state index in [9.17, 15) is 4.79 Å². The quantitative estimate of drug-likeness (QED) is 0.403. The largest absolute Gasteiger partial charge is 0.478 e. The number of Topliss-reactive ketones (excluding diaryl/α,β-unsaturated/α-hetero) is 1. The molecule has 3 aliphatic heterocycles. The smallest absolute Gasteiger partial charge is 0.232 e. The zero-order valence-corrected chi connectivity index (χ0v) is 20.8. The Balaban J connectivity index is 1.25. The Morgan fingerprint density at radius 1 is 1.08 bits per heavy atom. The molecule has 6 nitrogen and oxygen atoms in total. The van der Waals surface area contributed by atoms with Crippen molar-refractivity contribution in [3.8, 4) is 17.2 Å². The van der Waals surface area contributed by atoms with Crippen LogP contribution < -0.4 is 14.2 Å². The average Bonchev–Trinajstić information content (AvgIpc) is 3.21. The molecule has 3 aromatic carbocycles. The average molecular weight is 504 g/mol. The van der Waals surface area contributed by atoms with Gasteiger partial charge in [0, 0.05) is 29.2 Å². The van der Waals surface area contributed by atoms with E-state index in [1.807, 2.05) is 25.1 Å². The molecule has 3 heterocycles. The highest BCUT2D eigenvalue weighted by Crippen LogP contribution is 2.44. The molecular weight excluding hydrogens is 478 g/mol. The van der Waals surface area contributed by atoms with Gasteiger partial charge in [-0.2, -0.15) is 0 Å². The molecule has 3 aromatic rings. The van der Waals surface area contributed by atoms with Gasteiger partial charge in [-0.15, -0.1) is 0 Å². The van der Waals surface area contributed by atoms with E-state index in [4.69, 9.17) is 30.5 Å². The van der Waals surface area contributed by atoms with Gasteiger partial charge in [-0.1, -0.05) is 41.9 Å². The Labute approximate surface area is 215 Å². The molecule has 0 radical (unpaired) electrons. The van der Waals surface area contributed by atoms with Gasteiger partial charge in [0.05, 0.1) is 17.7 Å². The predicted octanol–water partition coefficient (Wildman–Crippen LogP) is 5.92. The zero-order chi connectivity index (χ0) is 24.6. The first-order valence-corrected chi connectivity index (χ1v) is 12.5. The number of benzene rings is 3. The highest BCUT2D eigenvalue weighted by molar-refractivity contribution is 6.31. The van der Waals surface area contributed by atoms with E-state index in [-0.39, 0.29) is 18.3 Å². The van der Waals surface area contributed by atoms with Crippen molar-refractivity contribution in [1.82, 2.24) is 4.90 Å².